The van der Waals surface area contributed by atoms with E-state index in [0.29, 0.717) is 30.2 Å². The number of benzene rings is 2. The molecule has 2 aromatic rings. The number of hydrogen-bond donors (Lipinski definition) is 1. The fourth-order valence-electron chi connectivity index (χ4n) is 4.08. The molecule has 6 nitrogen and oxygen atoms in total. The van der Waals surface area contributed by atoms with Gasteiger partial charge in [-0.1, -0.05) is 36.4 Å². The first-order chi connectivity index (χ1) is 14.2. The van der Waals surface area contributed by atoms with E-state index in [1.807, 2.05) is 36.4 Å². The molecule has 29 heavy (non-hydrogen) atoms. The van der Waals surface area contributed by atoms with Crippen LogP contribution in [0.4, 0.5) is 0 Å². The van der Waals surface area contributed by atoms with Crippen LogP contribution in [0.2, 0.25) is 0 Å². The van der Waals surface area contributed by atoms with Gasteiger partial charge in [-0.05, 0) is 29.5 Å². The summed E-state index contributed by atoms with van der Waals surface area (Å²) >= 11 is 1.60. The molecule has 0 aromatic heterocycles. The Kier molecular flexibility index (Phi) is 4.66. The van der Waals surface area contributed by atoms with Crippen LogP contribution in [0.3, 0.4) is 0 Å². The first-order valence-corrected chi connectivity index (χ1v) is 10.6. The minimum atomic E-state index is -0.239. The van der Waals surface area contributed by atoms with Crippen molar-refractivity contribution in [2.45, 2.75) is 18.9 Å². The fourth-order valence-corrected chi connectivity index (χ4v) is 5.28. The van der Waals surface area contributed by atoms with Crippen molar-refractivity contribution in [1.29, 1.82) is 5.26 Å². The number of thioether (sulfide) groups is 1. The van der Waals surface area contributed by atoms with E-state index in [2.05, 4.69) is 18.2 Å². The highest BCUT2D eigenvalue weighted by Gasteiger charge is 2.40. The topological polar surface area (TPSA) is 67.0 Å². The van der Waals surface area contributed by atoms with Crippen LogP contribution in [0, 0.1) is 11.3 Å². The summed E-state index contributed by atoms with van der Waals surface area (Å²) in [5.74, 6) is 2.04. The first kappa shape index (κ1) is 18.1. The second-order valence-corrected chi connectivity index (χ2v) is 8.35. The lowest BCUT2D eigenvalue weighted by Crippen LogP contribution is -3.12. The summed E-state index contributed by atoms with van der Waals surface area (Å²) in [6.07, 6.45) is 0.297. The number of rotatable bonds is 3. The van der Waals surface area contributed by atoms with Gasteiger partial charge >= 0.3 is 0 Å². The molecule has 5 rings (SSSR count). The fraction of sp³-hybridized carbons (Fsp3) is 0.273. The molecule has 1 saturated heterocycles. The second kappa shape index (κ2) is 7.47. The number of fused-ring (bicyclic) bond motifs is 2. The summed E-state index contributed by atoms with van der Waals surface area (Å²) in [6.45, 7) is 1.66. The van der Waals surface area contributed by atoms with Crippen molar-refractivity contribution in [3.05, 3.63) is 70.3 Å². The van der Waals surface area contributed by atoms with E-state index in [1.54, 1.807) is 16.7 Å². The first-order valence-electron chi connectivity index (χ1n) is 9.57. The average molecular weight is 406 g/mol. The Morgan fingerprint density at radius 2 is 2.00 bits per heavy atom. The Balaban J connectivity index is 1.41. The number of amides is 1. The molecule has 0 bridgehead atoms. The standard InChI is InChI=1S/C22H19N3O3S/c23-10-18-17(16-6-7-19-20(8-16)28-14-27-19)9-21(26)25-12-24(13-29-22(18)25)11-15-4-2-1-3-5-15/h1-8,17H,9,11-14H2/p+1/t17-/m1/s1. The molecule has 1 fully saturated rings. The smallest absolute Gasteiger partial charge is 0.232 e. The van der Waals surface area contributed by atoms with Gasteiger partial charge < -0.3 is 14.4 Å². The Morgan fingerprint density at radius 3 is 2.83 bits per heavy atom. The van der Waals surface area contributed by atoms with Crippen LogP contribution in [0.5, 0.6) is 11.5 Å². The largest absolute Gasteiger partial charge is 0.454 e. The maximum absolute atomic E-state index is 13.0. The lowest BCUT2D eigenvalue weighted by Gasteiger charge is -2.39. The Bertz CT molecular complexity index is 1030. The molecule has 0 saturated carbocycles. The molecule has 1 N–H and O–H groups in total. The summed E-state index contributed by atoms with van der Waals surface area (Å²) in [5, 5.41) is 10.7. The predicted molar refractivity (Wildman–Crippen MR) is 108 cm³/mol. The molecule has 146 valence electrons. The lowest BCUT2D eigenvalue weighted by molar-refractivity contribution is -0.910. The average Bonchev–Trinajstić information content (AvgIpc) is 3.22. The van der Waals surface area contributed by atoms with Gasteiger partial charge in [0.15, 0.2) is 18.2 Å². The minimum absolute atomic E-state index is 0.0689. The monoisotopic (exact) mass is 406 g/mol. The Labute approximate surface area is 173 Å². The Morgan fingerprint density at radius 1 is 1.17 bits per heavy atom. The van der Waals surface area contributed by atoms with Gasteiger partial charge in [-0.25, -0.2) is 0 Å². The normalized spacial score (nSPS) is 23.0. The third-order valence-electron chi connectivity index (χ3n) is 5.51. The van der Waals surface area contributed by atoms with Crippen molar-refractivity contribution in [3.63, 3.8) is 0 Å². The zero-order valence-electron chi connectivity index (χ0n) is 15.8. The van der Waals surface area contributed by atoms with Crippen LogP contribution in [-0.2, 0) is 11.3 Å². The molecule has 1 amide bonds. The molecule has 3 heterocycles. The van der Waals surface area contributed by atoms with Gasteiger partial charge in [0.2, 0.25) is 12.7 Å². The number of carbonyl (C=O) groups is 1. The van der Waals surface area contributed by atoms with E-state index < -0.39 is 0 Å². The highest BCUT2D eigenvalue weighted by Crippen LogP contribution is 2.43. The van der Waals surface area contributed by atoms with Gasteiger partial charge in [-0.3, -0.25) is 9.69 Å². The van der Waals surface area contributed by atoms with E-state index >= 15 is 0 Å². The zero-order chi connectivity index (χ0) is 19.8. The van der Waals surface area contributed by atoms with E-state index in [-0.39, 0.29) is 18.6 Å². The van der Waals surface area contributed by atoms with Crippen LogP contribution in [0.1, 0.15) is 23.5 Å². The number of allylic oxidation sites excluding steroid dienone is 1. The van der Waals surface area contributed by atoms with Crippen LogP contribution in [0.25, 0.3) is 0 Å². The third-order valence-corrected chi connectivity index (χ3v) is 6.78. The van der Waals surface area contributed by atoms with E-state index in [1.165, 1.54) is 10.5 Å². The molecule has 7 heteroatoms. The van der Waals surface area contributed by atoms with Crippen LogP contribution >= 0.6 is 11.8 Å². The van der Waals surface area contributed by atoms with Crippen LogP contribution in [-0.4, -0.2) is 30.1 Å². The van der Waals surface area contributed by atoms with Gasteiger partial charge in [0.1, 0.15) is 17.5 Å². The van der Waals surface area contributed by atoms with Crippen molar-refractivity contribution < 1.29 is 19.2 Å². The molecular weight excluding hydrogens is 386 g/mol. The predicted octanol–water partition coefficient (Wildman–Crippen LogP) is 2.21. The molecule has 2 aromatic carbocycles. The van der Waals surface area contributed by atoms with Gasteiger partial charge in [0, 0.05) is 17.9 Å². The highest BCUT2D eigenvalue weighted by atomic mass is 32.2. The number of nitrogens with zero attached hydrogens (tertiary/aromatic N) is 2. The van der Waals surface area contributed by atoms with Crippen molar-refractivity contribution in [3.8, 4) is 17.6 Å². The number of ether oxygens (including phenoxy) is 2. The van der Waals surface area contributed by atoms with E-state index in [4.69, 9.17) is 9.47 Å². The summed E-state index contributed by atoms with van der Waals surface area (Å²) in [5.41, 5.74) is 2.84. The summed E-state index contributed by atoms with van der Waals surface area (Å²) < 4.78 is 10.9. The molecule has 0 radical (unpaired) electrons. The van der Waals surface area contributed by atoms with Crippen molar-refractivity contribution in [1.82, 2.24) is 4.90 Å². The maximum atomic E-state index is 13.0. The molecule has 1 unspecified atom stereocenters. The number of carbonyl (C=O) groups excluding carboxylic acids is 1. The number of nitrogens with one attached hydrogen (secondary N) is 1. The van der Waals surface area contributed by atoms with Gasteiger partial charge in [0.25, 0.3) is 0 Å². The maximum Gasteiger partial charge on any atom is 0.232 e. The summed E-state index contributed by atoms with van der Waals surface area (Å²) in [4.78, 5) is 16.1. The van der Waals surface area contributed by atoms with Gasteiger partial charge in [-0.2, -0.15) is 5.26 Å². The summed E-state index contributed by atoms with van der Waals surface area (Å²) in [6, 6.07) is 18.4. The molecule has 0 spiro atoms. The third kappa shape index (κ3) is 3.35. The van der Waals surface area contributed by atoms with Crippen LogP contribution < -0.4 is 14.4 Å². The molecular formula is C22H20N3O3S+. The molecule has 0 aliphatic carbocycles. The van der Waals surface area contributed by atoms with E-state index in [0.717, 1.165) is 23.0 Å². The lowest BCUT2D eigenvalue weighted by atomic mass is 9.86. The quantitative estimate of drug-likeness (QED) is 0.847. The zero-order valence-corrected chi connectivity index (χ0v) is 16.6. The van der Waals surface area contributed by atoms with Crippen molar-refractivity contribution >= 4 is 17.7 Å². The number of hydrogen-bond acceptors (Lipinski definition) is 5. The highest BCUT2D eigenvalue weighted by molar-refractivity contribution is 8.02. The molecule has 3 aliphatic rings. The number of quaternary nitrogens is 1. The summed E-state index contributed by atoms with van der Waals surface area (Å²) in [7, 11) is 0. The second-order valence-electron chi connectivity index (χ2n) is 7.38. The van der Waals surface area contributed by atoms with Crippen molar-refractivity contribution in [2.24, 2.45) is 0 Å². The van der Waals surface area contributed by atoms with Crippen molar-refractivity contribution in [2.75, 3.05) is 19.3 Å². The number of nitriles is 1. The minimum Gasteiger partial charge on any atom is -0.454 e. The van der Waals surface area contributed by atoms with Gasteiger partial charge in [0.05, 0.1) is 11.6 Å². The van der Waals surface area contributed by atoms with Gasteiger partial charge in [-0.15, -0.1) is 0 Å². The molecule has 3 aliphatic heterocycles. The molecule has 2 atom stereocenters. The van der Waals surface area contributed by atoms with E-state index in [9.17, 15) is 10.1 Å². The Hall–Kier alpha value is -2.95. The SMILES string of the molecule is N#CC1=C2SC[NH+](Cc3ccccc3)CN2C(=O)C[C@@H]1c1ccc2c(c1)OCO2. The van der Waals surface area contributed by atoms with Crippen LogP contribution in [0.15, 0.2) is 59.1 Å².